The summed E-state index contributed by atoms with van der Waals surface area (Å²) >= 11 is 0. The van der Waals surface area contributed by atoms with Crippen LogP contribution in [0.25, 0.3) is 0 Å². The molecular weight excluding hydrogens is 230 g/mol. The average Bonchev–Trinajstić information content (AvgIpc) is 2.47. The Hall–Kier alpha value is -1.60. The van der Waals surface area contributed by atoms with E-state index in [2.05, 4.69) is 67.6 Å². The van der Waals surface area contributed by atoms with Gasteiger partial charge in [-0.3, -0.25) is 0 Å². The Labute approximate surface area is 116 Å². The zero-order valence-corrected chi connectivity index (χ0v) is 11.6. The summed E-state index contributed by atoms with van der Waals surface area (Å²) in [4.78, 5) is 0. The molecule has 0 aliphatic heterocycles. The Balaban J connectivity index is 2.24. The third kappa shape index (κ3) is 3.93. The third-order valence-electron chi connectivity index (χ3n) is 3.60. The molecule has 0 fully saturated rings. The standard InChI is InChI=1S/C18H23N/c1-2-9-17(19)14-18(15-10-5-3-6-11-15)16-12-7-4-8-13-16/h3-8,10-13,17-18H,2,9,14,19H2,1H3. The van der Waals surface area contributed by atoms with Gasteiger partial charge in [-0.05, 0) is 24.0 Å². The molecule has 2 rings (SSSR count). The van der Waals surface area contributed by atoms with Crippen LogP contribution in [0.15, 0.2) is 60.7 Å². The summed E-state index contributed by atoms with van der Waals surface area (Å²) < 4.78 is 0. The molecule has 1 atom stereocenters. The Bertz CT molecular complexity index is 424. The van der Waals surface area contributed by atoms with E-state index < -0.39 is 0 Å². The highest BCUT2D eigenvalue weighted by atomic mass is 14.6. The summed E-state index contributed by atoms with van der Waals surface area (Å²) in [5.74, 6) is 0.406. The fourth-order valence-corrected chi connectivity index (χ4v) is 2.63. The number of hydrogen-bond donors (Lipinski definition) is 1. The van der Waals surface area contributed by atoms with Crippen LogP contribution in [0.1, 0.15) is 43.2 Å². The van der Waals surface area contributed by atoms with Gasteiger partial charge in [-0.1, -0.05) is 74.0 Å². The Morgan fingerprint density at radius 3 is 1.74 bits per heavy atom. The van der Waals surface area contributed by atoms with Gasteiger partial charge in [0.1, 0.15) is 0 Å². The van der Waals surface area contributed by atoms with Gasteiger partial charge in [-0.25, -0.2) is 0 Å². The Morgan fingerprint density at radius 2 is 1.32 bits per heavy atom. The molecule has 2 N–H and O–H groups in total. The number of rotatable bonds is 6. The summed E-state index contributed by atoms with van der Waals surface area (Å²) in [5, 5.41) is 0. The van der Waals surface area contributed by atoms with Crippen molar-refractivity contribution in [2.75, 3.05) is 0 Å². The molecule has 2 aromatic rings. The highest BCUT2D eigenvalue weighted by Gasteiger charge is 2.16. The molecule has 0 heterocycles. The van der Waals surface area contributed by atoms with Gasteiger partial charge >= 0.3 is 0 Å². The van der Waals surface area contributed by atoms with Crippen molar-refractivity contribution < 1.29 is 0 Å². The van der Waals surface area contributed by atoms with Crippen molar-refractivity contribution in [1.29, 1.82) is 0 Å². The molecule has 0 radical (unpaired) electrons. The third-order valence-corrected chi connectivity index (χ3v) is 3.60. The van der Waals surface area contributed by atoms with E-state index in [9.17, 15) is 0 Å². The van der Waals surface area contributed by atoms with Crippen LogP contribution in [-0.2, 0) is 0 Å². The van der Waals surface area contributed by atoms with Gasteiger partial charge in [0.05, 0.1) is 0 Å². The van der Waals surface area contributed by atoms with Gasteiger partial charge < -0.3 is 5.73 Å². The second-order valence-electron chi connectivity index (χ2n) is 5.16. The summed E-state index contributed by atoms with van der Waals surface area (Å²) in [5.41, 5.74) is 8.98. The molecule has 19 heavy (non-hydrogen) atoms. The molecule has 0 aromatic heterocycles. The molecule has 100 valence electrons. The molecule has 1 unspecified atom stereocenters. The monoisotopic (exact) mass is 253 g/mol. The smallest absolute Gasteiger partial charge is 0.0104 e. The van der Waals surface area contributed by atoms with Crippen LogP contribution in [-0.4, -0.2) is 6.04 Å². The van der Waals surface area contributed by atoms with Gasteiger partial charge in [0, 0.05) is 12.0 Å². The van der Waals surface area contributed by atoms with E-state index in [0.717, 1.165) is 19.3 Å². The number of hydrogen-bond acceptors (Lipinski definition) is 1. The van der Waals surface area contributed by atoms with Crippen molar-refractivity contribution in [2.45, 2.75) is 38.1 Å². The maximum atomic E-state index is 6.26. The lowest BCUT2D eigenvalue weighted by Crippen LogP contribution is -2.23. The van der Waals surface area contributed by atoms with E-state index in [0.29, 0.717) is 5.92 Å². The van der Waals surface area contributed by atoms with Crippen LogP contribution in [0, 0.1) is 0 Å². The minimum Gasteiger partial charge on any atom is -0.328 e. The molecule has 0 bridgehead atoms. The zero-order valence-electron chi connectivity index (χ0n) is 11.6. The second kappa shape index (κ2) is 7.10. The van der Waals surface area contributed by atoms with Gasteiger partial charge in [0.15, 0.2) is 0 Å². The van der Waals surface area contributed by atoms with Crippen molar-refractivity contribution in [3.8, 4) is 0 Å². The van der Waals surface area contributed by atoms with E-state index in [1.54, 1.807) is 0 Å². The van der Waals surface area contributed by atoms with Crippen molar-refractivity contribution >= 4 is 0 Å². The SMILES string of the molecule is CCCC(N)CC(c1ccccc1)c1ccccc1. The Kier molecular flexibility index (Phi) is 5.17. The molecule has 0 saturated carbocycles. The highest BCUT2D eigenvalue weighted by molar-refractivity contribution is 5.32. The van der Waals surface area contributed by atoms with Crippen molar-refractivity contribution in [3.05, 3.63) is 71.8 Å². The quantitative estimate of drug-likeness (QED) is 0.814. The van der Waals surface area contributed by atoms with Crippen molar-refractivity contribution in [2.24, 2.45) is 5.73 Å². The summed E-state index contributed by atoms with van der Waals surface area (Å²) in [6, 6.07) is 21.7. The first-order valence-corrected chi connectivity index (χ1v) is 7.16. The lowest BCUT2D eigenvalue weighted by atomic mass is 9.85. The molecule has 0 aliphatic carbocycles. The second-order valence-corrected chi connectivity index (χ2v) is 5.16. The fourth-order valence-electron chi connectivity index (χ4n) is 2.63. The summed E-state index contributed by atoms with van der Waals surface area (Å²) in [6.45, 7) is 2.19. The van der Waals surface area contributed by atoms with Gasteiger partial charge in [-0.2, -0.15) is 0 Å². The Morgan fingerprint density at radius 1 is 0.842 bits per heavy atom. The van der Waals surface area contributed by atoms with E-state index in [1.165, 1.54) is 11.1 Å². The van der Waals surface area contributed by atoms with E-state index in [1.807, 2.05) is 0 Å². The first-order chi connectivity index (χ1) is 9.31. The zero-order chi connectivity index (χ0) is 13.5. The maximum Gasteiger partial charge on any atom is 0.0104 e. The largest absolute Gasteiger partial charge is 0.328 e. The molecule has 0 amide bonds. The summed E-state index contributed by atoms with van der Waals surface area (Å²) in [6.07, 6.45) is 3.26. The van der Waals surface area contributed by atoms with Crippen LogP contribution < -0.4 is 5.73 Å². The van der Waals surface area contributed by atoms with Crippen LogP contribution in [0.4, 0.5) is 0 Å². The van der Waals surface area contributed by atoms with Crippen LogP contribution in [0.5, 0.6) is 0 Å². The maximum absolute atomic E-state index is 6.26. The molecule has 0 saturated heterocycles. The lowest BCUT2D eigenvalue weighted by molar-refractivity contribution is 0.529. The van der Waals surface area contributed by atoms with Gasteiger partial charge in [-0.15, -0.1) is 0 Å². The molecule has 0 aliphatic rings. The number of nitrogens with two attached hydrogens (primary N) is 1. The first kappa shape index (κ1) is 13.8. The van der Waals surface area contributed by atoms with Crippen molar-refractivity contribution in [3.63, 3.8) is 0 Å². The topological polar surface area (TPSA) is 26.0 Å². The van der Waals surface area contributed by atoms with Gasteiger partial charge in [0.25, 0.3) is 0 Å². The predicted octanol–water partition coefficient (Wildman–Crippen LogP) is 4.34. The predicted molar refractivity (Wildman–Crippen MR) is 82.2 cm³/mol. The minimum absolute atomic E-state index is 0.274. The van der Waals surface area contributed by atoms with E-state index >= 15 is 0 Å². The molecule has 1 heteroatoms. The highest BCUT2D eigenvalue weighted by Crippen LogP contribution is 2.29. The van der Waals surface area contributed by atoms with Crippen LogP contribution in [0.2, 0.25) is 0 Å². The van der Waals surface area contributed by atoms with Crippen molar-refractivity contribution in [1.82, 2.24) is 0 Å². The number of benzene rings is 2. The minimum atomic E-state index is 0.274. The normalized spacial score (nSPS) is 12.6. The van der Waals surface area contributed by atoms with Crippen LogP contribution >= 0.6 is 0 Å². The molecule has 1 nitrogen and oxygen atoms in total. The van der Waals surface area contributed by atoms with Crippen LogP contribution in [0.3, 0.4) is 0 Å². The molecular formula is C18H23N. The van der Waals surface area contributed by atoms with Gasteiger partial charge in [0.2, 0.25) is 0 Å². The molecule has 2 aromatic carbocycles. The first-order valence-electron chi connectivity index (χ1n) is 7.16. The fraction of sp³-hybridized carbons (Fsp3) is 0.333. The lowest BCUT2D eigenvalue weighted by Gasteiger charge is -2.22. The average molecular weight is 253 g/mol. The van der Waals surface area contributed by atoms with E-state index in [-0.39, 0.29) is 6.04 Å². The van der Waals surface area contributed by atoms with E-state index in [4.69, 9.17) is 5.73 Å². The summed E-state index contributed by atoms with van der Waals surface area (Å²) in [7, 11) is 0. The molecule has 0 spiro atoms.